The van der Waals surface area contributed by atoms with Crippen molar-refractivity contribution >= 4 is 17.6 Å². The van der Waals surface area contributed by atoms with E-state index in [1.807, 2.05) is 11.8 Å². The van der Waals surface area contributed by atoms with E-state index in [1.165, 1.54) is 19.5 Å². The molecule has 2 unspecified atom stereocenters. The molecule has 2 atom stereocenters. The van der Waals surface area contributed by atoms with E-state index in [0.29, 0.717) is 31.9 Å². The van der Waals surface area contributed by atoms with E-state index in [4.69, 9.17) is 18.9 Å². The Morgan fingerprint density at radius 3 is 2.59 bits per heavy atom. The first-order chi connectivity index (χ1) is 16.5. The number of amides is 1. The van der Waals surface area contributed by atoms with Crippen LogP contribution in [0.1, 0.15) is 37.7 Å². The van der Waals surface area contributed by atoms with Gasteiger partial charge in [-0.1, -0.05) is 6.07 Å². The standard InChI is InChI=1S/C24H29FN4O5/c1-14-6-7-20(19(25)8-14)28-22-21(31-2)23(27-13-26-22)33-18-9-15-11-32-12-16(10-18)29(15)24(30)34-17-4-3-5-17/h6-8,13,15-18H,3-5,9-12H2,1-2H3,(H,26,27,28). The normalized spacial score (nSPS) is 24.2. The van der Waals surface area contributed by atoms with Crippen molar-refractivity contribution in [2.24, 2.45) is 0 Å². The molecule has 1 aromatic carbocycles. The maximum absolute atomic E-state index is 14.4. The molecule has 182 valence electrons. The molecule has 34 heavy (non-hydrogen) atoms. The Bertz CT molecular complexity index is 1040. The number of hydrogen-bond acceptors (Lipinski definition) is 8. The number of anilines is 2. The number of carbonyl (C=O) groups excluding carboxylic acids is 1. The number of carbonyl (C=O) groups is 1. The van der Waals surface area contributed by atoms with Crippen molar-refractivity contribution in [1.82, 2.24) is 14.9 Å². The zero-order valence-corrected chi connectivity index (χ0v) is 19.3. The average Bonchev–Trinajstić information content (AvgIpc) is 2.77. The second kappa shape index (κ2) is 9.61. The quantitative estimate of drug-likeness (QED) is 0.675. The zero-order chi connectivity index (χ0) is 23.7. The van der Waals surface area contributed by atoms with Crippen molar-refractivity contribution in [2.45, 2.75) is 63.3 Å². The molecule has 1 amide bonds. The molecule has 1 saturated carbocycles. The molecule has 1 aliphatic carbocycles. The van der Waals surface area contributed by atoms with Gasteiger partial charge in [0, 0.05) is 12.8 Å². The van der Waals surface area contributed by atoms with Crippen LogP contribution in [0.25, 0.3) is 0 Å². The largest absolute Gasteiger partial charge is 0.489 e. The smallest absolute Gasteiger partial charge is 0.410 e. The van der Waals surface area contributed by atoms with Gasteiger partial charge in [-0.05, 0) is 43.9 Å². The number of nitrogens with zero attached hydrogens (tertiary/aromatic N) is 3. The number of fused-ring (bicyclic) bond motifs is 2. The van der Waals surface area contributed by atoms with Crippen LogP contribution < -0.4 is 14.8 Å². The number of morpholine rings is 1. The second-order valence-electron chi connectivity index (χ2n) is 9.07. The summed E-state index contributed by atoms with van der Waals surface area (Å²) in [7, 11) is 1.49. The minimum Gasteiger partial charge on any atom is -0.489 e. The second-order valence-corrected chi connectivity index (χ2v) is 9.07. The van der Waals surface area contributed by atoms with Crippen LogP contribution in [0.3, 0.4) is 0 Å². The summed E-state index contributed by atoms with van der Waals surface area (Å²) in [6.07, 6.45) is 5.09. The minimum absolute atomic E-state index is 0.0395. The maximum atomic E-state index is 14.4. The number of ether oxygens (including phenoxy) is 4. The van der Waals surface area contributed by atoms with E-state index in [0.717, 1.165) is 24.8 Å². The molecule has 10 heteroatoms. The molecule has 5 rings (SSSR count). The number of halogens is 1. The molecule has 2 saturated heterocycles. The molecule has 0 radical (unpaired) electrons. The van der Waals surface area contributed by atoms with Crippen LogP contribution in [0.4, 0.5) is 20.7 Å². The van der Waals surface area contributed by atoms with Crippen molar-refractivity contribution in [3.05, 3.63) is 35.9 Å². The van der Waals surface area contributed by atoms with Gasteiger partial charge in [0.2, 0.25) is 5.75 Å². The molecular formula is C24H29FN4O5. The van der Waals surface area contributed by atoms with Gasteiger partial charge in [0.25, 0.3) is 5.88 Å². The van der Waals surface area contributed by atoms with Gasteiger partial charge in [-0.25, -0.2) is 14.2 Å². The molecule has 1 aromatic heterocycles. The Morgan fingerprint density at radius 2 is 1.94 bits per heavy atom. The van der Waals surface area contributed by atoms with Crippen LogP contribution >= 0.6 is 0 Å². The molecule has 3 heterocycles. The first-order valence-corrected chi connectivity index (χ1v) is 11.7. The Balaban J connectivity index is 1.30. The van der Waals surface area contributed by atoms with Gasteiger partial charge in [-0.15, -0.1) is 0 Å². The summed E-state index contributed by atoms with van der Waals surface area (Å²) in [5.74, 6) is 0.468. The molecule has 2 aliphatic heterocycles. The number of aryl methyl sites for hydroxylation is 1. The summed E-state index contributed by atoms with van der Waals surface area (Å²) in [6.45, 7) is 2.70. The van der Waals surface area contributed by atoms with Gasteiger partial charge in [-0.3, -0.25) is 4.90 Å². The maximum Gasteiger partial charge on any atom is 0.410 e. The van der Waals surface area contributed by atoms with Gasteiger partial charge in [0.15, 0.2) is 5.82 Å². The third-order valence-electron chi connectivity index (χ3n) is 6.64. The summed E-state index contributed by atoms with van der Waals surface area (Å²) >= 11 is 0. The molecule has 2 bridgehead atoms. The molecule has 2 aromatic rings. The number of methoxy groups -OCH3 is 1. The van der Waals surface area contributed by atoms with E-state index in [-0.39, 0.29) is 47.7 Å². The molecular weight excluding hydrogens is 443 g/mol. The van der Waals surface area contributed by atoms with Crippen LogP contribution in [-0.4, -0.2) is 65.6 Å². The summed E-state index contributed by atoms with van der Waals surface area (Å²) in [6, 6.07) is 4.64. The Kier molecular flexibility index (Phi) is 6.40. The van der Waals surface area contributed by atoms with E-state index in [2.05, 4.69) is 15.3 Å². The fraction of sp³-hybridized carbons (Fsp3) is 0.542. The van der Waals surface area contributed by atoms with E-state index in [9.17, 15) is 9.18 Å². The van der Waals surface area contributed by atoms with Crippen LogP contribution in [0.5, 0.6) is 11.6 Å². The van der Waals surface area contributed by atoms with Crippen molar-refractivity contribution in [1.29, 1.82) is 0 Å². The lowest BCUT2D eigenvalue weighted by atomic mass is 9.92. The summed E-state index contributed by atoms with van der Waals surface area (Å²) in [5, 5.41) is 2.97. The summed E-state index contributed by atoms with van der Waals surface area (Å²) in [5.41, 5.74) is 1.10. The molecule has 1 N–H and O–H groups in total. The molecule has 9 nitrogen and oxygen atoms in total. The van der Waals surface area contributed by atoms with Gasteiger partial charge < -0.3 is 24.3 Å². The lowest BCUT2D eigenvalue weighted by molar-refractivity contribution is -0.0985. The molecule has 0 spiro atoms. The molecule has 3 fully saturated rings. The predicted octanol–water partition coefficient (Wildman–Crippen LogP) is 3.98. The van der Waals surface area contributed by atoms with E-state index >= 15 is 0 Å². The summed E-state index contributed by atoms with van der Waals surface area (Å²) in [4.78, 5) is 23.1. The minimum atomic E-state index is -0.392. The van der Waals surface area contributed by atoms with E-state index in [1.54, 1.807) is 12.1 Å². The van der Waals surface area contributed by atoms with Gasteiger partial charge in [0.05, 0.1) is 38.1 Å². The van der Waals surface area contributed by atoms with Gasteiger partial charge >= 0.3 is 6.09 Å². The topological polar surface area (TPSA) is 95.0 Å². The number of nitrogens with one attached hydrogen (secondary N) is 1. The van der Waals surface area contributed by atoms with Crippen LogP contribution in [0, 0.1) is 12.7 Å². The highest BCUT2D eigenvalue weighted by molar-refractivity contribution is 5.69. The van der Waals surface area contributed by atoms with Crippen LogP contribution in [-0.2, 0) is 9.47 Å². The monoisotopic (exact) mass is 472 g/mol. The Hall–Kier alpha value is -3.14. The summed E-state index contributed by atoms with van der Waals surface area (Å²) < 4.78 is 37.5. The predicted molar refractivity (Wildman–Crippen MR) is 121 cm³/mol. The first kappa shape index (κ1) is 22.6. The number of piperidine rings is 1. The van der Waals surface area contributed by atoms with Gasteiger partial charge in [0.1, 0.15) is 24.4 Å². The lowest BCUT2D eigenvalue weighted by Crippen LogP contribution is -2.61. The van der Waals surface area contributed by atoms with Crippen LogP contribution in [0.2, 0.25) is 0 Å². The fourth-order valence-corrected chi connectivity index (χ4v) is 4.67. The molecule has 3 aliphatic rings. The SMILES string of the molecule is COc1c(Nc2ccc(C)cc2F)ncnc1OC1CC2COCC(C1)N2C(=O)OC1CCC1. The third-order valence-corrected chi connectivity index (χ3v) is 6.64. The third kappa shape index (κ3) is 4.59. The highest BCUT2D eigenvalue weighted by Gasteiger charge is 2.44. The average molecular weight is 473 g/mol. The number of rotatable bonds is 6. The highest BCUT2D eigenvalue weighted by Crippen LogP contribution is 2.37. The van der Waals surface area contributed by atoms with Crippen LogP contribution in [0.15, 0.2) is 24.5 Å². The Morgan fingerprint density at radius 1 is 1.18 bits per heavy atom. The number of benzene rings is 1. The highest BCUT2D eigenvalue weighted by atomic mass is 19.1. The zero-order valence-electron chi connectivity index (χ0n) is 19.3. The number of hydrogen-bond donors (Lipinski definition) is 1. The number of aromatic nitrogens is 2. The Labute approximate surface area is 197 Å². The van der Waals surface area contributed by atoms with E-state index < -0.39 is 5.82 Å². The van der Waals surface area contributed by atoms with Crippen molar-refractivity contribution in [3.8, 4) is 11.6 Å². The lowest BCUT2D eigenvalue weighted by Gasteiger charge is -2.47. The first-order valence-electron chi connectivity index (χ1n) is 11.7. The van der Waals surface area contributed by atoms with Crippen molar-refractivity contribution in [2.75, 3.05) is 25.6 Å². The van der Waals surface area contributed by atoms with Crippen molar-refractivity contribution < 1.29 is 28.1 Å². The van der Waals surface area contributed by atoms with Crippen molar-refractivity contribution in [3.63, 3.8) is 0 Å². The van der Waals surface area contributed by atoms with Gasteiger partial charge in [-0.2, -0.15) is 4.98 Å². The fourth-order valence-electron chi connectivity index (χ4n) is 4.67.